The lowest BCUT2D eigenvalue weighted by atomic mass is 10.2. The van der Waals surface area contributed by atoms with Crippen molar-refractivity contribution in [2.24, 2.45) is 0 Å². The highest BCUT2D eigenvalue weighted by molar-refractivity contribution is 7.88. The van der Waals surface area contributed by atoms with Crippen molar-refractivity contribution in [1.82, 2.24) is 0 Å². The maximum Gasteiger partial charge on any atom is 0.117 e. The molecule has 0 saturated heterocycles. The summed E-state index contributed by atoms with van der Waals surface area (Å²) >= 11 is 0. The molecule has 124 valence electrons. The van der Waals surface area contributed by atoms with Gasteiger partial charge in [0.1, 0.15) is 16.7 Å². The Morgan fingerprint density at radius 3 is 1.83 bits per heavy atom. The molecule has 0 atom stereocenters. The van der Waals surface area contributed by atoms with Crippen molar-refractivity contribution in [3.8, 4) is 0 Å². The Balaban J connectivity index is 0.000000231. The lowest BCUT2D eigenvalue weighted by Crippen LogP contribution is -2.33. The van der Waals surface area contributed by atoms with Crippen molar-refractivity contribution in [3.05, 3.63) is 77.2 Å². The minimum atomic E-state index is -4.25. The Morgan fingerprint density at radius 1 is 0.913 bits per heavy atom. The average Bonchev–Trinajstić information content (AvgIpc) is 2.46. The predicted molar refractivity (Wildman–Crippen MR) is 93.4 cm³/mol. The zero-order chi connectivity index (χ0) is 17.3. The van der Waals surface area contributed by atoms with E-state index in [9.17, 15) is 13.0 Å². The van der Waals surface area contributed by atoms with Gasteiger partial charge in [0.15, 0.2) is 0 Å². The lowest BCUT2D eigenvalue weighted by Gasteiger charge is -2.23. The normalized spacial score (nSPS) is 11.8. The molecule has 0 bridgehead atoms. The van der Waals surface area contributed by atoms with Crippen LogP contribution in [0.5, 0.6) is 0 Å². The van der Waals surface area contributed by atoms with Crippen LogP contribution in [-0.4, -0.2) is 38.6 Å². The van der Waals surface area contributed by atoms with Gasteiger partial charge in [-0.25, -0.2) is 8.42 Å². The minimum absolute atomic E-state index is 0.641. The molecule has 2 rings (SSSR count). The summed E-state index contributed by atoms with van der Waals surface area (Å²) in [4.78, 5) is 0. The van der Waals surface area contributed by atoms with Crippen LogP contribution >= 0.6 is 0 Å². The summed E-state index contributed by atoms with van der Waals surface area (Å²) in [5, 5.41) is 0.641. The Labute approximate surface area is 139 Å². The lowest BCUT2D eigenvalue weighted by molar-refractivity contribution is -0.884. The average molecular weight is 333 g/mol. The highest BCUT2D eigenvalue weighted by Gasteiger charge is 2.06. The van der Waals surface area contributed by atoms with Gasteiger partial charge >= 0.3 is 0 Å². The maximum absolute atomic E-state index is 10.2. The molecule has 2 aromatic carbocycles. The SMILES string of the molecule is C[N+](C)(C)Cc1ccccc1.O=S(=O)([O-])C=Cc1ccccc1. The first-order valence-electron chi connectivity index (χ1n) is 7.19. The first kappa shape index (κ1) is 19.1. The van der Waals surface area contributed by atoms with Crippen molar-refractivity contribution >= 4 is 16.2 Å². The van der Waals surface area contributed by atoms with Crippen LogP contribution < -0.4 is 0 Å². The van der Waals surface area contributed by atoms with Crippen molar-refractivity contribution in [1.29, 1.82) is 0 Å². The minimum Gasteiger partial charge on any atom is -0.744 e. The molecule has 0 fully saturated rings. The van der Waals surface area contributed by atoms with E-state index >= 15 is 0 Å². The molecule has 4 nitrogen and oxygen atoms in total. The number of hydrogen-bond donors (Lipinski definition) is 0. The summed E-state index contributed by atoms with van der Waals surface area (Å²) in [6.07, 6.45) is 1.27. The molecule has 0 saturated carbocycles. The van der Waals surface area contributed by atoms with Crippen LogP contribution in [0, 0.1) is 0 Å². The van der Waals surface area contributed by atoms with Crippen molar-refractivity contribution in [2.45, 2.75) is 6.54 Å². The molecule has 0 aliphatic rings. The molecule has 0 N–H and O–H groups in total. The van der Waals surface area contributed by atoms with E-state index in [1.54, 1.807) is 24.3 Å². The van der Waals surface area contributed by atoms with Gasteiger partial charge in [-0.1, -0.05) is 60.7 Å². The van der Waals surface area contributed by atoms with Gasteiger partial charge in [0.25, 0.3) is 0 Å². The van der Waals surface area contributed by atoms with Gasteiger partial charge in [-0.2, -0.15) is 0 Å². The molecule has 0 unspecified atom stereocenters. The van der Waals surface area contributed by atoms with Crippen LogP contribution in [0.1, 0.15) is 11.1 Å². The van der Waals surface area contributed by atoms with Crippen LogP contribution in [0.25, 0.3) is 6.08 Å². The Bertz CT molecular complexity index is 703. The molecule has 0 heterocycles. The van der Waals surface area contributed by atoms with E-state index in [4.69, 9.17) is 0 Å². The fraction of sp³-hybridized carbons (Fsp3) is 0.222. The molecular weight excluding hydrogens is 310 g/mol. The van der Waals surface area contributed by atoms with E-state index < -0.39 is 10.1 Å². The van der Waals surface area contributed by atoms with Gasteiger partial charge in [0.05, 0.1) is 21.1 Å². The summed E-state index contributed by atoms with van der Waals surface area (Å²) in [5.74, 6) is 0. The smallest absolute Gasteiger partial charge is 0.117 e. The zero-order valence-corrected chi connectivity index (χ0v) is 14.5. The van der Waals surface area contributed by atoms with Crippen molar-refractivity contribution in [3.63, 3.8) is 0 Å². The third-order valence-corrected chi connectivity index (χ3v) is 3.20. The predicted octanol–water partition coefficient (Wildman–Crippen LogP) is 3.10. The fourth-order valence-electron chi connectivity index (χ4n) is 1.86. The second-order valence-corrected chi connectivity index (χ2v) is 7.40. The topological polar surface area (TPSA) is 57.2 Å². The maximum atomic E-state index is 10.2. The van der Waals surface area contributed by atoms with Crippen molar-refractivity contribution in [2.75, 3.05) is 21.1 Å². The molecule has 2 aromatic rings. The summed E-state index contributed by atoms with van der Waals surface area (Å²) in [6.45, 7) is 1.10. The first-order valence-corrected chi connectivity index (χ1v) is 8.66. The highest BCUT2D eigenvalue weighted by Crippen LogP contribution is 2.05. The van der Waals surface area contributed by atoms with Gasteiger partial charge in [0, 0.05) is 11.0 Å². The summed E-state index contributed by atoms with van der Waals surface area (Å²) in [7, 11) is 2.35. The third-order valence-electron chi connectivity index (χ3n) is 2.73. The Hall–Kier alpha value is -1.95. The second kappa shape index (κ2) is 8.62. The number of hydrogen-bond acceptors (Lipinski definition) is 3. The van der Waals surface area contributed by atoms with Crippen LogP contribution in [0.2, 0.25) is 0 Å². The van der Waals surface area contributed by atoms with Crippen molar-refractivity contribution < 1.29 is 17.5 Å². The number of quaternary nitrogens is 1. The standard InChI is InChI=1S/C10H16N.C8H8O3S/c1-11(2,3)9-10-7-5-4-6-8-10;9-12(10,11)7-6-8-4-2-1-3-5-8/h4-8H,9H2,1-3H3;1-7H,(H,9,10,11)/q+1;/p-1. The molecule has 0 amide bonds. The molecule has 0 spiro atoms. The van der Waals surface area contributed by atoms with E-state index in [0.717, 1.165) is 11.0 Å². The van der Waals surface area contributed by atoms with Gasteiger partial charge in [0.2, 0.25) is 0 Å². The van der Waals surface area contributed by atoms with Crippen LogP contribution in [0.3, 0.4) is 0 Å². The van der Waals surface area contributed by atoms with Crippen LogP contribution in [-0.2, 0) is 16.7 Å². The molecule has 0 radical (unpaired) electrons. The van der Waals surface area contributed by atoms with E-state index in [2.05, 4.69) is 51.5 Å². The summed E-state index contributed by atoms with van der Waals surface area (Å²) in [5.41, 5.74) is 2.09. The molecule has 0 aliphatic heterocycles. The van der Waals surface area contributed by atoms with Crippen LogP contribution in [0.15, 0.2) is 66.1 Å². The Morgan fingerprint density at radius 2 is 1.39 bits per heavy atom. The highest BCUT2D eigenvalue weighted by atomic mass is 32.2. The van der Waals surface area contributed by atoms with Gasteiger partial charge < -0.3 is 9.04 Å². The Kier molecular flexibility index (Phi) is 7.16. The molecule has 0 aliphatic carbocycles. The van der Waals surface area contributed by atoms with Gasteiger partial charge in [-0.15, -0.1) is 0 Å². The second-order valence-electron chi connectivity index (χ2n) is 6.14. The third kappa shape index (κ3) is 10.4. The van der Waals surface area contributed by atoms with E-state index in [1.807, 2.05) is 6.07 Å². The van der Waals surface area contributed by atoms with E-state index in [-0.39, 0.29) is 0 Å². The van der Waals surface area contributed by atoms with Gasteiger partial charge in [-0.05, 0) is 11.6 Å². The quantitative estimate of drug-likeness (QED) is 0.638. The molecule has 5 heteroatoms. The number of benzene rings is 2. The molecule has 23 heavy (non-hydrogen) atoms. The first-order chi connectivity index (χ1) is 10.7. The largest absolute Gasteiger partial charge is 0.744 e. The summed E-state index contributed by atoms with van der Waals surface area (Å²) in [6, 6.07) is 19.3. The van der Waals surface area contributed by atoms with E-state index in [1.165, 1.54) is 11.6 Å². The monoisotopic (exact) mass is 333 g/mol. The fourth-order valence-corrected chi connectivity index (χ4v) is 2.18. The molecule has 0 aromatic heterocycles. The number of rotatable bonds is 4. The van der Waals surface area contributed by atoms with E-state index in [0.29, 0.717) is 11.0 Å². The molecular formula is C18H23NO3S. The van der Waals surface area contributed by atoms with Crippen LogP contribution in [0.4, 0.5) is 0 Å². The zero-order valence-electron chi connectivity index (χ0n) is 13.7. The summed E-state index contributed by atoms with van der Waals surface area (Å²) < 4.78 is 31.5. The number of nitrogens with zero attached hydrogens (tertiary/aromatic N) is 1. The van der Waals surface area contributed by atoms with Gasteiger partial charge in [-0.3, -0.25) is 0 Å².